The van der Waals surface area contributed by atoms with Gasteiger partial charge < -0.3 is 19.3 Å². The fourth-order valence-electron chi connectivity index (χ4n) is 3.82. The Morgan fingerprint density at radius 3 is 2.65 bits per heavy atom. The van der Waals surface area contributed by atoms with Crippen LogP contribution in [-0.2, 0) is 19.0 Å². The minimum absolute atomic E-state index is 0.0663. The molecule has 5 atom stereocenters. The number of fused-ring (bicyclic) bond motifs is 3. The van der Waals surface area contributed by atoms with Gasteiger partial charge in [0.05, 0.1) is 23.4 Å². The first-order valence-corrected chi connectivity index (χ1v) is 7.27. The summed E-state index contributed by atoms with van der Waals surface area (Å²) in [6, 6.07) is 0. The first-order chi connectivity index (χ1) is 9.26. The Morgan fingerprint density at radius 2 is 1.90 bits per heavy atom. The van der Waals surface area contributed by atoms with Gasteiger partial charge in [0.1, 0.15) is 0 Å². The first kappa shape index (κ1) is 12.8. The van der Waals surface area contributed by atoms with Crippen molar-refractivity contribution >= 4 is 5.97 Å². The van der Waals surface area contributed by atoms with Crippen molar-refractivity contribution in [1.82, 2.24) is 0 Å². The third kappa shape index (κ3) is 1.63. The van der Waals surface area contributed by atoms with Gasteiger partial charge in [0.15, 0.2) is 0 Å². The van der Waals surface area contributed by atoms with E-state index in [0.29, 0.717) is 24.0 Å². The van der Waals surface area contributed by atoms with Crippen LogP contribution < -0.4 is 0 Å². The minimum atomic E-state index is -1.52. The first-order valence-electron chi connectivity index (χ1n) is 7.27. The molecule has 0 amide bonds. The number of esters is 1. The molecule has 3 heterocycles. The van der Waals surface area contributed by atoms with Crippen LogP contribution in [0.4, 0.5) is 0 Å². The molecule has 0 aromatic rings. The van der Waals surface area contributed by atoms with Gasteiger partial charge in [-0.25, -0.2) is 4.79 Å². The zero-order chi connectivity index (χ0) is 14.3. The van der Waals surface area contributed by atoms with Crippen molar-refractivity contribution < 1.29 is 24.1 Å². The zero-order valence-corrected chi connectivity index (χ0v) is 12.1. The van der Waals surface area contributed by atoms with E-state index in [1.165, 1.54) is 0 Å². The summed E-state index contributed by atoms with van der Waals surface area (Å²) in [6.45, 7) is 5.78. The Bertz CT molecular complexity index is 540. The molecule has 4 rings (SSSR count). The van der Waals surface area contributed by atoms with Crippen LogP contribution in [0.15, 0.2) is 11.1 Å². The molecule has 3 aliphatic heterocycles. The lowest BCUT2D eigenvalue weighted by Gasteiger charge is -2.27. The lowest BCUT2D eigenvalue weighted by molar-refractivity contribution is -0.188. The van der Waals surface area contributed by atoms with Gasteiger partial charge in [-0.05, 0) is 33.6 Å². The number of carbonyl (C=O) groups excluding carboxylic acids is 1. The van der Waals surface area contributed by atoms with Gasteiger partial charge >= 0.3 is 5.97 Å². The molecule has 0 aromatic heterocycles. The molecule has 1 saturated carbocycles. The Morgan fingerprint density at radius 1 is 1.20 bits per heavy atom. The average Bonchev–Trinajstić information content (AvgIpc) is 3.16. The molecule has 0 bridgehead atoms. The third-order valence-electron chi connectivity index (χ3n) is 5.45. The van der Waals surface area contributed by atoms with Gasteiger partial charge in [0.25, 0.3) is 0 Å². The van der Waals surface area contributed by atoms with E-state index < -0.39 is 17.4 Å². The Hall–Kier alpha value is -0.910. The zero-order valence-electron chi connectivity index (χ0n) is 12.1. The molecule has 1 aliphatic carbocycles. The summed E-state index contributed by atoms with van der Waals surface area (Å²) >= 11 is 0. The number of rotatable bonds is 0. The lowest BCUT2D eigenvalue weighted by Crippen LogP contribution is -2.38. The van der Waals surface area contributed by atoms with Crippen molar-refractivity contribution in [1.29, 1.82) is 0 Å². The monoisotopic (exact) mass is 280 g/mol. The van der Waals surface area contributed by atoms with Crippen LogP contribution in [0, 0.1) is 0 Å². The van der Waals surface area contributed by atoms with Gasteiger partial charge in [0, 0.05) is 24.0 Å². The molecule has 5 heteroatoms. The molecular weight excluding hydrogens is 260 g/mol. The molecule has 0 radical (unpaired) electrons. The van der Waals surface area contributed by atoms with E-state index in [1.54, 1.807) is 6.92 Å². The standard InChI is InChI=1S/C15H20O5/c1-8-9-6-11-13(2,19-11)5-4-10-14(3,18-10)7-15(9,17)20-12(8)16/h10-11,17H,4-7H2,1-3H3/t10-,11+,13-,14+,15+/m1/s1. The highest BCUT2D eigenvalue weighted by Gasteiger charge is 2.64. The third-order valence-corrected chi connectivity index (χ3v) is 5.45. The quantitative estimate of drug-likeness (QED) is 0.537. The van der Waals surface area contributed by atoms with Gasteiger partial charge in [-0.15, -0.1) is 0 Å². The molecule has 0 aromatic carbocycles. The van der Waals surface area contributed by atoms with Gasteiger partial charge in [-0.2, -0.15) is 0 Å². The highest BCUT2D eigenvalue weighted by atomic mass is 16.7. The number of hydrogen-bond donors (Lipinski definition) is 1. The highest BCUT2D eigenvalue weighted by Crippen LogP contribution is 2.55. The second-order valence-electron chi connectivity index (χ2n) is 7.04. The molecule has 5 nitrogen and oxygen atoms in total. The Balaban J connectivity index is 1.72. The predicted octanol–water partition coefficient (Wildman–Crippen LogP) is 1.44. The molecule has 4 aliphatic rings. The fourth-order valence-corrected chi connectivity index (χ4v) is 3.82. The van der Waals surface area contributed by atoms with Crippen molar-refractivity contribution in [2.75, 3.05) is 0 Å². The minimum Gasteiger partial charge on any atom is -0.426 e. The normalized spacial score (nSPS) is 53.7. The largest absolute Gasteiger partial charge is 0.426 e. The topological polar surface area (TPSA) is 71.6 Å². The van der Waals surface area contributed by atoms with E-state index in [0.717, 1.165) is 12.8 Å². The molecule has 3 fully saturated rings. The second-order valence-corrected chi connectivity index (χ2v) is 7.04. The highest BCUT2D eigenvalue weighted by molar-refractivity contribution is 5.92. The van der Waals surface area contributed by atoms with Gasteiger partial charge in [0.2, 0.25) is 5.79 Å². The summed E-state index contributed by atoms with van der Waals surface area (Å²) < 4.78 is 16.8. The summed E-state index contributed by atoms with van der Waals surface area (Å²) in [6.07, 6.45) is 2.93. The van der Waals surface area contributed by atoms with Crippen LogP contribution in [0.3, 0.4) is 0 Å². The van der Waals surface area contributed by atoms with Crippen LogP contribution in [-0.4, -0.2) is 40.3 Å². The Labute approximate surface area is 117 Å². The van der Waals surface area contributed by atoms with E-state index in [4.69, 9.17) is 14.2 Å². The van der Waals surface area contributed by atoms with E-state index >= 15 is 0 Å². The second kappa shape index (κ2) is 3.46. The summed E-state index contributed by atoms with van der Waals surface area (Å²) in [7, 11) is 0. The molecular formula is C15H20O5. The predicted molar refractivity (Wildman–Crippen MR) is 68.8 cm³/mol. The summed E-state index contributed by atoms with van der Waals surface area (Å²) in [5.74, 6) is -1.94. The lowest BCUT2D eigenvalue weighted by atomic mass is 9.83. The van der Waals surface area contributed by atoms with Gasteiger partial charge in [-0.3, -0.25) is 0 Å². The maximum absolute atomic E-state index is 11.8. The average molecular weight is 280 g/mol. The fraction of sp³-hybridized carbons (Fsp3) is 0.800. The van der Waals surface area contributed by atoms with Crippen LogP contribution in [0.2, 0.25) is 0 Å². The summed E-state index contributed by atoms with van der Waals surface area (Å²) in [5, 5.41) is 10.8. The van der Waals surface area contributed by atoms with Crippen molar-refractivity contribution in [3.63, 3.8) is 0 Å². The number of carbonyl (C=O) groups is 1. The SMILES string of the molecule is CC1=C2C[C@@H]3O[C@]3(C)CC[C@H]3O[C@@]3(C)C[C@]2(O)OC1=O. The van der Waals surface area contributed by atoms with Crippen molar-refractivity contribution in [3.8, 4) is 0 Å². The molecule has 2 saturated heterocycles. The van der Waals surface area contributed by atoms with Gasteiger partial charge in [-0.1, -0.05) is 0 Å². The van der Waals surface area contributed by atoms with E-state index in [9.17, 15) is 9.90 Å². The Kier molecular flexibility index (Phi) is 2.21. The smallest absolute Gasteiger partial charge is 0.336 e. The molecule has 0 unspecified atom stereocenters. The number of epoxide rings is 2. The maximum atomic E-state index is 11.8. The van der Waals surface area contributed by atoms with E-state index in [-0.39, 0.29) is 17.8 Å². The van der Waals surface area contributed by atoms with E-state index in [2.05, 4.69) is 6.92 Å². The number of aliphatic hydroxyl groups is 1. The summed E-state index contributed by atoms with van der Waals surface area (Å²) in [4.78, 5) is 11.8. The van der Waals surface area contributed by atoms with Crippen molar-refractivity contribution in [2.45, 2.75) is 75.7 Å². The molecule has 110 valence electrons. The van der Waals surface area contributed by atoms with Crippen molar-refractivity contribution in [3.05, 3.63) is 11.1 Å². The summed E-state index contributed by atoms with van der Waals surface area (Å²) in [5.41, 5.74) is 0.646. The van der Waals surface area contributed by atoms with Crippen LogP contribution in [0.5, 0.6) is 0 Å². The molecule has 1 N–H and O–H groups in total. The van der Waals surface area contributed by atoms with Crippen molar-refractivity contribution in [2.24, 2.45) is 0 Å². The van der Waals surface area contributed by atoms with Crippen LogP contribution >= 0.6 is 0 Å². The number of hydrogen-bond acceptors (Lipinski definition) is 5. The maximum Gasteiger partial charge on any atom is 0.336 e. The molecule has 0 spiro atoms. The van der Waals surface area contributed by atoms with Crippen LogP contribution in [0.25, 0.3) is 0 Å². The number of ether oxygens (including phenoxy) is 3. The molecule has 20 heavy (non-hydrogen) atoms. The van der Waals surface area contributed by atoms with Crippen LogP contribution in [0.1, 0.15) is 46.5 Å². The van der Waals surface area contributed by atoms with E-state index in [1.807, 2.05) is 6.92 Å².